The normalized spacial score (nSPS) is 12.4. The van der Waals surface area contributed by atoms with Gasteiger partial charge in [-0.05, 0) is 36.8 Å². The van der Waals surface area contributed by atoms with Crippen LogP contribution in [0.3, 0.4) is 0 Å². The second kappa shape index (κ2) is 7.03. The van der Waals surface area contributed by atoms with E-state index in [2.05, 4.69) is 15.9 Å². The van der Waals surface area contributed by atoms with Crippen LogP contribution in [0, 0.1) is 0 Å². The molecule has 1 aromatic carbocycles. The van der Waals surface area contributed by atoms with E-state index in [0.717, 1.165) is 28.0 Å². The molecule has 17 heavy (non-hydrogen) atoms. The average Bonchev–Trinajstić information content (AvgIpc) is 2.25. The average molecular weight is 318 g/mol. The molecule has 1 rings (SSSR count). The monoisotopic (exact) mass is 317 g/mol. The quantitative estimate of drug-likeness (QED) is 0.791. The van der Waals surface area contributed by atoms with Crippen molar-refractivity contribution < 1.29 is 9.90 Å². The van der Waals surface area contributed by atoms with Gasteiger partial charge in [-0.2, -0.15) is 11.8 Å². The Kier molecular flexibility index (Phi) is 6.02. The molecule has 0 heterocycles. The minimum absolute atomic E-state index is 0.236. The molecule has 5 heteroatoms. The molecule has 3 nitrogen and oxygen atoms in total. The molecule has 0 fully saturated rings. The molecular weight excluding hydrogens is 302 g/mol. The van der Waals surface area contributed by atoms with Crippen LogP contribution in [-0.2, 0) is 5.75 Å². The molecule has 3 N–H and O–H groups in total. The van der Waals surface area contributed by atoms with E-state index in [1.54, 1.807) is 23.9 Å². The number of hydrogen-bond donors (Lipinski definition) is 2. The van der Waals surface area contributed by atoms with Crippen LogP contribution < -0.4 is 5.73 Å². The Labute approximate surface area is 114 Å². The molecule has 0 radical (unpaired) electrons. The summed E-state index contributed by atoms with van der Waals surface area (Å²) in [6.45, 7) is 2.00. The van der Waals surface area contributed by atoms with Crippen molar-refractivity contribution in [3.8, 4) is 0 Å². The molecule has 0 spiro atoms. The maximum atomic E-state index is 10.8. The fourth-order valence-corrected chi connectivity index (χ4v) is 3.11. The van der Waals surface area contributed by atoms with E-state index in [0.29, 0.717) is 5.56 Å². The van der Waals surface area contributed by atoms with Gasteiger partial charge in [-0.25, -0.2) is 4.79 Å². The second-order valence-corrected chi connectivity index (χ2v) is 5.89. The number of carboxylic acid groups (broad SMARTS) is 1. The summed E-state index contributed by atoms with van der Waals surface area (Å²) in [7, 11) is 0. The van der Waals surface area contributed by atoms with E-state index in [9.17, 15) is 4.79 Å². The number of carboxylic acids is 1. The van der Waals surface area contributed by atoms with Gasteiger partial charge in [-0.15, -0.1) is 0 Å². The molecule has 1 aromatic rings. The summed E-state index contributed by atoms with van der Waals surface area (Å²) in [5, 5.41) is 8.84. The summed E-state index contributed by atoms with van der Waals surface area (Å²) in [6, 6.07) is 5.37. The zero-order valence-corrected chi connectivity index (χ0v) is 12.1. The Morgan fingerprint density at radius 2 is 2.29 bits per heavy atom. The van der Waals surface area contributed by atoms with E-state index in [1.807, 2.05) is 13.0 Å². The lowest BCUT2D eigenvalue weighted by Gasteiger charge is -2.07. The Bertz CT molecular complexity index is 396. The minimum atomic E-state index is -0.901. The van der Waals surface area contributed by atoms with Crippen LogP contribution in [0.4, 0.5) is 0 Å². The maximum Gasteiger partial charge on any atom is 0.335 e. The summed E-state index contributed by atoms with van der Waals surface area (Å²) < 4.78 is 0.852. The van der Waals surface area contributed by atoms with Gasteiger partial charge in [-0.3, -0.25) is 0 Å². The number of thioether (sulfide) groups is 1. The largest absolute Gasteiger partial charge is 0.478 e. The van der Waals surface area contributed by atoms with Crippen molar-refractivity contribution >= 4 is 33.7 Å². The van der Waals surface area contributed by atoms with E-state index in [-0.39, 0.29) is 6.04 Å². The minimum Gasteiger partial charge on any atom is -0.478 e. The molecular formula is C12H16BrNO2S. The van der Waals surface area contributed by atoms with Gasteiger partial charge in [0.05, 0.1) is 5.56 Å². The van der Waals surface area contributed by atoms with Gasteiger partial charge in [0.2, 0.25) is 0 Å². The number of halogens is 1. The standard InChI is InChI=1S/C12H16BrNO2S/c1-8(14)4-5-17-7-10-3-2-9(12(15)16)6-11(10)13/h2-3,6,8H,4-5,7,14H2,1H3,(H,15,16). The zero-order chi connectivity index (χ0) is 12.8. The van der Waals surface area contributed by atoms with Crippen LogP contribution in [-0.4, -0.2) is 22.9 Å². The summed E-state index contributed by atoms with van der Waals surface area (Å²) in [6.07, 6.45) is 0.996. The number of carbonyl (C=O) groups is 1. The first-order chi connectivity index (χ1) is 8.00. The van der Waals surface area contributed by atoms with Gasteiger partial charge in [0, 0.05) is 16.3 Å². The summed E-state index contributed by atoms with van der Waals surface area (Å²) >= 11 is 5.20. The van der Waals surface area contributed by atoms with Crippen LogP contribution in [0.25, 0.3) is 0 Å². The fraction of sp³-hybridized carbons (Fsp3) is 0.417. The summed E-state index contributed by atoms with van der Waals surface area (Å²) in [5.41, 5.74) is 7.09. The SMILES string of the molecule is CC(N)CCSCc1ccc(C(=O)O)cc1Br. The Morgan fingerprint density at radius 3 is 2.82 bits per heavy atom. The van der Waals surface area contributed by atoms with Crippen molar-refractivity contribution in [3.05, 3.63) is 33.8 Å². The first kappa shape index (κ1) is 14.5. The summed E-state index contributed by atoms with van der Waals surface area (Å²) in [5.74, 6) is 0.986. The third kappa shape index (κ3) is 5.10. The lowest BCUT2D eigenvalue weighted by Crippen LogP contribution is -2.15. The number of rotatable bonds is 6. The van der Waals surface area contributed by atoms with Crippen LogP contribution in [0.1, 0.15) is 29.3 Å². The van der Waals surface area contributed by atoms with Gasteiger partial charge >= 0.3 is 5.97 Å². The predicted octanol–water partition coefficient (Wildman–Crippen LogP) is 3.12. The zero-order valence-electron chi connectivity index (χ0n) is 9.65. The van der Waals surface area contributed by atoms with Crippen LogP contribution in [0.5, 0.6) is 0 Å². The van der Waals surface area contributed by atoms with Gasteiger partial charge in [0.15, 0.2) is 0 Å². The molecule has 0 aliphatic carbocycles. The molecule has 0 aromatic heterocycles. The van der Waals surface area contributed by atoms with Crippen molar-refractivity contribution in [2.45, 2.75) is 25.1 Å². The highest BCUT2D eigenvalue weighted by molar-refractivity contribution is 9.10. The first-order valence-corrected chi connectivity index (χ1v) is 7.30. The van der Waals surface area contributed by atoms with Crippen LogP contribution in [0.15, 0.2) is 22.7 Å². The maximum absolute atomic E-state index is 10.8. The molecule has 0 saturated carbocycles. The van der Waals surface area contributed by atoms with Crippen molar-refractivity contribution in [3.63, 3.8) is 0 Å². The molecule has 0 aliphatic heterocycles. The first-order valence-electron chi connectivity index (χ1n) is 5.35. The predicted molar refractivity (Wildman–Crippen MR) is 75.5 cm³/mol. The molecule has 0 bridgehead atoms. The lowest BCUT2D eigenvalue weighted by molar-refractivity contribution is 0.0697. The second-order valence-electron chi connectivity index (χ2n) is 3.93. The van der Waals surface area contributed by atoms with Gasteiger partial charge in [-0.1, -0.05) is 22.0 Å². The topological polar surface area (TPSA) is 63.3 Å². The third-order valence-corrected chi connectivity index (χ3v) is 4.05. The fourth-order valence-electron chi connectivity index (χ4n) is 1.25. The molecule has 1 atom stereocenters. The van der Waals surface area contributed by atoms with Gasteiger partial charge in [0.25, 0.3) is 0 Å². The van der Waals surface area contributed by atoms with Gasteiger partial charge < -0.3 is 10.8 Å². The number of aromatic carboxylic acids is 1. The lowest BCUT2D eigenvalue weighted by atomic mass is 10.1. The smallest absolute Gasteiger partial charge is 0.335 e. The van der Waals surface area contributed by atoms with E-state index in [4.69, 9.17) is 10.8 Å². The molecule has 0 aliphatic rings. The van der Waals surface area contributed by atoms with Gasteiger partial charge in [0.1, 0.15) is 0 Å². The van der Waals surface area contributed by atoms with Crippen LogP contribution in [0.2, 0.25) is 0 Å². The van der Waals surface area contributed by atoms with Crippen molar-refractivity contribution in [1.29, 1.82) is 0 Å². The highest BCUT2D eigenvalue weighted by Gasteiger charge is 2.06. The van der Waals surface area contributed by atoms with E-state index in [1.165, 1.54) is 0 Å². The van der Waals surface area contributed by atoms with Crippen LogP contribution >= 0.6 is 27.7 Å². The molecule has 1 unspecified atom stereocenters. The van der Waals surface area contributed by atoms with Crippen molar-refractivity contribution in [1.82, 2.24) is 0 Å². The Morgan fingerprint density at radius 1 is 1.59 bits per heavy atom. The Balaban J connectivity index is 2.52. The number of nitrogens with two attached hydrogens (primary N) is 1. The van der Waals surface area contributed by atoms with E-state index >= 15 is 0 Å². The van der Waals surface area contributed by atoms with Crippen molar-refractivity contribution in [2.75, 3.05) is 5.75 Å². The highest BCUT2D eigenvalue weighted by atomic mass is 79.9. The number of hydrogen-bond acceptors (Lipinski definition) is 3. The van der Waals surface area contributed by atoms with Crippen molar-refractivity contribution in [2.24, 2.45) is 5.73 Å². The Hall–Kier alpha value is -0.520. The molecule has 94 valence electrons. The number of benzene rings is 1. The molecule has 0 amide bonds. The highest BCUT2D eigenvalue weighted by Crippen LogP contribution is 2.23. The summed E-state index contributed by atoms with van der Waals surface area (Å²) in [4.78, 5) is 10.8. The molecule has 0 saturated heterocycles. The third-order valence-electron chi connectivity index (χ3n) is 2.28. The van der Waals surface area contributed by atoms with E-state index < -0.39 is 5.97 Å².